The number of anilines is 1. The largest absolute Gasteiger partial charge is 0.484 e. The number of nitrogen functional groups attached to an aromatic ring is 1. The number of benzene rings is 1. The van der Waals surface area contributed by atoms with E-state index < -0.39 is 0 Å². The third-order valence-electron chi connectivity index (χ3n) is 2.75. The summed E-state index contributed by atoms with van der Waals surface area (Å²) in [6, 6.07) is 7.13. The third kappa shape index (κ3) is 3.92. The first-order valence-corrected chi connectivity index (χ1v) is 6.09. The fourth-order valence-corrected chi connectivity index (χ4v) is 1.88. The van der Waals surface area contributed by atoms with Crippen LogP contribution < -0.4 is 15.8 Å². The van der Waals surface area contributed by atoms with Gasteiger partial charge in [0.2, 0.25) is 0 Å². The molecule has 1 saturated heterocycles. The molecule has 1 aromatic rings. The predicted octanol–water partition coefficient (Wildman–Crippen LogP) is 0.943. The van der Waals surface area contributed by atoms with Gasteiger partial charge in [0.1, 0.15) is 5.75 Å². The monoisotopic (exact) mass is 250 g/mol. The third-order valence-corrected chi connectivity index (χ3v) is 2.75. The van der Waals surface area contributed by atoms with Crippen molar-refractivity contribution in [1.82, 2.24) is 5.32 Å². The van der Waals surface area contributed by atoms with Gasteiger partial charge in [0.15, 0.2) is 6.61 Å². The Labute approximate surface area is 106 Å². The summed E-state index contributed by atoms with van der Waals surface area (Å²) in [6.07, 6.45) is 1.95. The van der Waals surface area contributed by atoms with E-state index in [9.17, 15) is 4.79 Å². The Balaban J connectivity index is 1.74. The number of hydrogen-bond donors (Lipinski definition) is 2. The van der Waals surface area contributed by atoms with Gasteiger partial charge in [-0.3, -0.25) is 4.79 Å². The summed E-state index contributed by atoms with van der Waals surface area (Å²) in [5.74, 6) is 0.470. The van der Waals surface area contributed by atoms with Gasteiger partial charge in [-0.2, -0.15) is 0 Å². The van der Waals surface area contributed by atoms with Crippen LogP contribution in [0.3, 0.4) is 0 Å². The van der Waals surface area contributed by atoms with E-state index in [0.717, 1.165) is 19.4 Å². The smallest absolute Gasteiger partial charge is 0.258 e. The molecule has 1 heterocycles. The van der Waals surface area contributed by atoms with Gasteiger partial charge >= 0.3 is 0 Å². The molecule has 1 unspecified atom stereocenters. The van der Waals surface area contributed by atoms with Crippen molar-refractivity contribution in [3.05, 3.63) is 24.3 Å². The zero-order chi connectivity index (χ0) is 12.8. The van der Waals surface area contributed by atoms with Crippen LogP contribution in [0.2, 0.25) is 0 Å². The van der Waals surface area contributed by atoms with Crippen molar-refractivity contribution >= 4 is 11.6 Å². The number of carbonyl (C=O) groups excluding carboxylic acids is 1. The molecule has 5 nitrogen and oxygen atoms in total. The molecule has 0 bridgehead atoms. The number of nitrogens with one attached hydrogen (secondary N) is 1. The van der Waals surface area contributed by atoms with Gasteiger partial charge in [-0.05, 0) is 25.0 Å². The van der Waals surface area contributed by atoms with E-state index in [4.69, 9.17) is 15.2 Å². The lowest BCUT2D eigenvalue weighted by Crippen LogP contribution is -2.42. The molecule has 2 rings (SSSR count). The molecule has 18 heavy (non-hydrogen) atoms. The zero-order valence-electron chi connectivity index (χ0n) is 10.2. The van der Waals surface area contributed by atoms with E-state index in [1.54, 1.807) is 24.3 Å². The van der Waals surface area contributed by atoms with Gasteiger partial charge in [-0.25, -0.2) is 0 Å². The van der Waals surface area contributed by atoms with Gasteiger partial charge in [-0.15, -0.1) is 0 Å². The predicted molar refractivity (Wildman–Crippen MR) is 68.3 cm³/mol. The molecule has 0 saturated carbocycles. The van der Waals surface area contributed by atoms with Gasteiger partial charge in [-0.1, -0.05) is 6.07 Å². The second-order valence-corrected chi connectivity index (χ2v) is 4.34. The standard InChI is InChI=1S/C13H18N2O3/c14-10-3-1-5-12(7-10)18-9-13(16)15-11-4-2-6-17-8-11/h1,3,5,7,11H,2,4,6,8-9,14H2,(H,15,16). The highest BCUT2D eigenvalue weighted by Crippen LogP contribution is 2.14. The molecular formula is C13H18N2O3. The topological polar surface area (TPSA) is 73.6 Å². The lowest BCUT2D eigenvalue weighted by molar-refractivity contribution is -0.124. The van der Waals surface area contributed by atoms with Crippen molar-refractivity contribution < 1.29 is 14.3 Å². The molecule has 3 N–H and O–H groups in total. The summed E-state index contributed by atoms with van der Waals surface area (Å²) in [5, 5.41) is 2.88. The maximum Gasteiger partial charge on any atom is 0.258 e. The molecule has 98 valence electrons. The van der Waals surface area contributed by atoms with Crippen molar-refractivity contribution in [2.24, 2.45) is 0 Å². The SMILES string of the molecule is Nc1cccc(OCC(=O)NC2CCCOC2)c1. The number of amides is 1. The first kappa shape index (κ1) is 12.7. The van der Waals surface area contributed by atoms with Crippen molar-refractivity contribution in [1.29, 1.82) is 0 Å². The van der Waals surface area contributed by atoms with E-state index in [1.807, 2.05) is 0 Å². The van der Waals surface area contributed by atoms with Crippen molar-refractivity contribution in [3.8, 4) is 5.75 Å². The Bertz CT molecular complexity index is 403. The highest BCUT2D eigenvalue weighted by atomic mass is 16.5. The van der Waals surface area contributed by atoms with Crippen LogP contribution in [0.4, 0.5) is 5.69 Å². The first-order chi connectivity index (χ1) is 8.74. The van der Waals surface area contributed by atoms with Crippen LogP contribution in [0, 0.1) is 0 Å². The Morgan fingerprint density at radius 2 is 2.44 bits per heavy atom. The average Bonchev–Trinajstić information content (AvgIpc) is 2.38. The normalized spacial score (nSPS) is 19.2. The summed E-state index contributed by atoms with van der Waals surface area (Å²) in [6.45, 7) is 1.37. The molecule has 1 aliphatic heterocycles. The lowest BCUT2D eigenvalue weighted by Gasteiger charge is -2.23. The Morgan fingerprint density at radius 3 is 3.17 bits per heavy atom. The molecule has 1 fully saturated rings. The number of carbonyl (C=O) groups is 1. The minimum atomic E-state index is -0.132. The summed E-state index contributed by atoms with van der Waals surface area (Å²) in [4.78, 5) is 11.6. The number of hydrogen-bond acceptors (Lipinski definition) is 4. The molecular weight excluding hydrogens is 232 g/mol. The molecule has 1 aliphatic rings. The average molecular weight is 250 g/mol. The van der Waals surface area contributed by atoms with Crippen LogP contribution in [0.15, 0.2) is 24.3 Å². The summed E-state index contributed by atoms with van der Waals surface area (Å²) in [5.41, 5.74) is 6.24. The molecule has 1 amide bonds. The number of nitrogens with two attached hydrogens (primary N) is 1. The van der Waals surface area contributed by atoms with Gasteiger partial charge in [0.05, 0.1) is 12.6 Å². The quantitative estimate of drug-likeness (QED) is 0.780. The molecule has 0 spiro atoms. The second kappa shape index (κ2) is 6.26. The van der Waals surface area contributed by atoms with Crippen LogP contribution in [-0.2, 0) is 9.53 Å². The number of ether oxygens (including phenoxy) is 2. The fraction of sp³-hybridized carbons (Fsp3) is 0.462. The molecule has 1 atom stereocenters. The van der Waals surface area contributed by atoms with Crippen molar-refractivity contribution in [2.75, 3.05) is 25.6 Å². The molecule has 0 aromatic heterocycles. The summed E-state index contributed by atoms with van der Waals surface area (Å²) >= 11 is 0. The van der Waals surface area contributed by atoms with Crippen LogP contribution >= 0.6 is 0 Å². The lowest BCUT2D eigenvalue weighted by atomic mass is 10.1. The molecule has 0 aliphatic carbocycles. The Kier molecular flexibility index (Phi) is 4.41. The minimum Gasteiger partial charge on any atom is -0.484 e. The number of rotatable bonds is 4. The van der Waals surface area contributed by atoms with Gasteiger partial charge < -0.3 is 20.5 Å². The molecule has 1 aromatic carbocycles. The van der Waals surface area contributed by atoms with E-state index in [2.05, 4.69) is 5.32 Å². The van der Waals surface area contributed by atoms with E-state index in [0.29, 0.717) is 18.0 Å². The fourth-order valence-electron chi connectivity index (χ4n) is 1.88. The Hall–Kier alpha value is -1.75. The van der Waals surface area contributed by atoms with Crippen LogP contribution in [0.25, 0.3) is 0 Å². The minimum absolute atomic E-state index is 0.0000463. The van der Waals surface area contributed by atoms with Gasteiger partial charge in [0.25, 0.3) is 5.91 Å². The second-order valence-electron chi connectivity index (χ2n) is 4.34. The first-order valence-electron chi connectivity index (χ1n) is 6.09. The van der Waals surface area contributed by atoms with Gasteiger partial charge in [0, 0.05) is 18.4 Å². The van der Waals surface area contributed by atoms with Crippen LogP contribution in [0.5, 0.6) is 5.75 Å². The highest BCUT2D eigenvalue weighted by molar-refractivity contribution is 5.77. The summed E-state index contributed by atoms with van der Waals surface area (Å²) < 4.78 is 10.6. The Morgan fingerprint density at radius 1 is 1.56 bits per heavy atom. The molecule has 5 heteroatoms. The van der Waals surface area contributed by atoms with Crippen molar-refractivity contribution in [3.63, 3.8) is 0 Å². The van der Waals surface area contributed by atoms with E-state index >= 15 is 0 Å². The maximum absolute atomic E-state index is 11.6. The highest BCUT2D eigenvalue weighted by Gasteiger charge is 2.16. The maximum atomic E-state index is 11.6. The van der Waals surface area contributed by atoms with Crippen molar-refractivity contribution in [2.45, 2.75) is 18.9 Å². The van der Waals surface area contributed by atoms with Crippen LogP contribution in [0.1, 0.15) is 12.8 Å². The molecule has 0 radical (unpaired) electrons. The van der Waals surface area contributed by atoms with E-state index in [-0.39, 0.29) is 18.6 Å². The van der Waals surface area contributed by atoms with E-state index in [1.165, 1.54) is 0 Å². The van der Waals surface area contributed by atoms with Crippen LogP contribution in [-0.4, -0.2) is 31.8 Å². The zero-order valence-corrected chi connectivity index (χ0v) is 10.2. The summed E-state index contributed by atoms with van der Waals surface area (Å²) in [7, 11) is 0.